The lowest BCUT2D eigenvalue weighted by Crippen LogP contribution is -2.22. The Morgan fingerprint density at radius 1 is 1.42 bits per heavy atom. The van der Waals surface area contributed by atoms with E-state index in [4.69, 9.17) is 0 Å². The third kappa shape index (κ3) is 2.62. The molecule has 1 aliphatic carbocycles. The fraction of sp³-hybridized carbons (Fsp3) is 0.615. The van der Waals surface area contributed by atoms with E-state index in [1.807, 2.05) is 0 Å². The predicted octanol–water partition coefficient (Wildman–Crippen LogP) is 2.02. The summed E-state index contributed by atoms with van der Waals surface area (Å²) >= 11 is 0. The Labute approximate surface area is 112 Å². The van der Waals surface area contributed by atoms with E-state index in [1.165, 1.54) is 12.8 Å². The summed E-state index contributed by atoms with van der Waals surface area (Å²) in [5, 5.41) is 3.24. The summed E-state index contributed by atoms with van der Waals surface area (Å²) in [7, 11) is 2.09. The van der Waals surface area contributed by atoms with E-state index in [0.717, 1.165) is 42.4 Å². The van der Waals surface area contributed by atoms with Crippen molar-refractivity contribution >= 4 is 22.9 Å². The van der Waals surface area contributed by atoms with E-state index < -0.39 is 0 Å². The molecule has 2 heterocycles. The van der Waals surface area contributed by atoms with E-state index in [9.17, 15) is 0 Å². The van der Waals surface area contributed by atoms with Gasteiger partial charge in [-0.25, -0.2) is 4.98 Å². The van der Waals surface area contributed by atoms with Crippen molar-refractivity contribution in [2.24, 2.45) is 5.92 Å². The van der Waals surface area contributed by atoms with Crippen molar-refractivity contribution in [2.45, 2.75) is 26.2 Å². The Kier molecular flexibility index (Phi) is 3.23. The van der Waals surface area contributed by atoms with Gasteiger partial charge in [0.1, 0.15) is 5.52 Å². The van der Waals surface area contributed by atoms with Gasteiger partial charge >= 0.3 is 0 Å². The molecule has 0 unspecified atom stereocenters. The van der Waals surface area contributed by atoms with Gasteiger partial charge in [0.15, 0.2) is 11.5 Å². The summed E-state index contributed by atoms with van der Waals surface area (Å²) in [6.45, 7) is 4.06. The summed E-state index contributed by atoms with van der Waals surface area (Å²) < 4.78 is 0. The molecule has 0 aliphatic heterocycles. The van der Waals surface area contributed by atoms with E-state index in [1.54, 1.807) is 6.33 Å². The number of nitrogens with one attached hydrogen (secondary N) is 2. The van der Waals surface area contributed by atoms with Gasteiger partial charge in [0.25, 0.3) is 0 Å². The first kappa shape index (κ1) is 12.2. The Morgan fingerprint density at radius 3 is 3.00 bits per heavy atom. The minimum atomic E-state index is 0.666. The van der Waals surface area contributed by atoms with Gasteiger partial charge in [-0.2, -0.15) is 9.97 Å². The van der Waals surface area contributed by atoms with Crippen LogP contribution in [0.3, 0.4) is 0 Å². The third-order valence-corrected chi connectivity index (χ3v) is 3.39. The van der Waals surface area contributed by atoms with Crippen LogP contribution in [0.25, 0.3) is 11.2 Å². The number of hydrogen-bond acceptors (Lipinski definition) is 5. The molecule has 1 fully saturated rings. The number of fused-ring (bicyclic) bond motifs is 1. The highest BCUT2D eigenvalue weighted by atomic mass is 15.2. The summed E-state index contributed by atoms with van der Waals surface area (Å²) in [5.74, 6) is 2.43. The molecule has 0 aromatic carbocycles. The van der Waals surface area contributed by atoms with Crippen molar-refractivity contribution in [2.75, 3.05) is 30.4 Å². The zero-order chi connectivity index (χ0) is 13.2. The number of rotatable bonds is 6. The molecule has 0 spiro atoms. The van der Waals surface area contributed by atoms with Crippen molar-refractivity contribution in [1.82, 2.24) is 19.9 Å². The summed E-state index contributed by atoms with van der Waals surface area (Å²) in [6.07, 6.45) is 5.40. The topological polar surface area (TPSA) is 69.7 Å². The minimum absolute atomic E-state index is 0.666. The number of H-pyrrole nitrogens is 1. The first-order valence-electron chi connectivity index (χ1n) is 6.94. The van der Waals surface area contributed by atoms with Crippen LogP contribution in [-0.4, -0.2) is 40.1 Å². The number of aromatic nitrogens is 4. The number of imidazole rings is 1. The first-order valence-corrected chi connectivity index (χ1v) is 6.94. The average Bonchev–Trinajstić information content (AvgIpc) is 3.09. The Bertz CT molecular complexity index is 559. The van der Waals surface area contributed by atoms with E-state index in [-0.39, 0.29) is 0 Å². The van der Waals surface area contributed by atoms with Gasteiger partial charge in [-0.3, -0.25) is 0 Å². The highest BCUT2D eigenvalue weighted by molar-refractivity contribution is 5.84. The number of anilines is 2. The molecule has 0 radical (unpaired) electrons. The van der Waals surface area contributed by atoms with E-state index in [0.29, 0.717) is 5.95 Å². The third-order valence-electron chi connectivity index (χ3n) is 3.39. The van der Waals surface area contributed by atoms with Gasteiger partial charge in [-0.15, -0.1) is 0 Å². The molecular formula is C13H20N6. The Morgan fingerprint density at radius 2 is 2.26 bits per heavy atom. The molecule has 6 nitrogen and oxygen atoms in total. The molecule has 2 aromatic heterocycles. The van der Waals surface area contributed by atoms with Crippen LogP contribution in [0.1, 0.15) is 26.2 Å². The lowest BCUT2D eigenvalue weighted by Gasteiger charge is -2.19. The second-order valence-corrected chi connectivity index (χ2v) is 5.22. The Balaban J connectivity index is 1.91. The van der Waals surface area contributed by atoms with Crippen LogP contribution < -0.4 is 10.2 Å². The van der Waals surface area contributed by atoms with Crippen molar-refractivity contribution in [3.8, 4) is 0 Å². The largest absolute Gasteiger partial charge is 0.357 e. The molecule has 3 rings (SSSR count). The zero-order valence-corrected chi connectivity index (χ0v) is 11.5. The first-order chi connectivity index (χ1) is 9.28. The molecule has 19 heavy (non-hydrogen) atoms. The highest BCUT2D eigenvalue weighted by Gasteiger charge is 2.24. The van der Waals surface area contributed by atoms with Crippen LogP contribution >= 0.6 is 0 Å². The number of aromatic amines is 1. The van der Waals surface area contributed by atoms with Gasteiger partial charge < -0.3 is 15.2 Å². The predicted molar refractivity (Wildman–Crippen MR) is 76.5 cm³/mol. The van der Waals surface area contributed by atoms with Gasteiger partial charge in [0.05, 0.1) is 6.33 Å². The molecule has 0 atom stereocenters. The van der Waals surface area contributed by atoms with Crippen molar-refractivity contribution < 1.29 is 0 Å². The molecule has 0 saturated heterocycles. The molecule has 0 amide bonds. The molecule has 0 bridgehead atoms. The molecule has 6 heteroatoms. The molecule has 2 N–H and O–H groups in total. The van der Waals surface area contributed by atoms with Crippen LogP contribution in [0.2, 0.25) is 0 Å². The average molecular weight is 260 g/mol. The quantitative estimate of drug-likeness (QED) is 0.831. The maximum Gasteiger partial charge on any atom is 0.226 e. The molecule has 2 aromatic rings. The van der Waals surface area contributed by atoms with Crippen molar-refractivity contribution in [1.29, 1.82) is 0 Å². The maximum atomic E-state index is 4.62. The summed E-state index contributed by atoms with van der Waals surface area (Å²) in [4.78, 5) is 18.6. The van der Waals surface area contributed by atoms with Crippen LogP contribution in [0.15, 0.2) is 6.33 Å². The van der Waals surface area contributed by atoms with Gasteiger partial charge in [0, 0.05) is 20.1 Å². The van der Waals surface area contributed by atoms with E-state index >= 15 is 0 Å². The lowest BCUT2D eigenvalue weighted by atomic mass is 10.3. The maximum absolute atomic E-state index is 4.62. The van der Waals surface area contributed by atoms with Crippen LogP contribution in [0.5, 0.6) is 0 Å². The standard InChI is InChI=1S/C13H20N6/c1-3-6-14-13-17-11-10(15-8-16-11)12(18-13)19(2)7-9-4-5-9/h8-9H,3-7H2,1-2H3,(H2,14,15,16,17,18). The van der Waals surface area contributed by atoms with Crippen molar-refractivity contribution in [3.05, 3.63) is 6.33 Å². The fourth-order valence-corrected chi connectivity index (χ4v) is 2.18. The van der Waals surface area contributed by atoms with Gasteiger partial charge in [-0.05, 0) is 25.2 Å². The SMILES string of the molecule is CCCNc1nc(N(C)CC2CC2)c2[nH]cnc2n1. The normalized spacial score (nSPS) is 14.8. The zero-order valence-electron chi connectivity index (χ0n) is 11.5. The lowest BCUT2D eigenvalue weighted by molar-refractivity contribution is 0.778. The van der Waals surface area contributed by atoms with Gasteiger partial charge in [-0.1, -0.05) is 6.92 Å². The second kappa shape index (κ2) is 5.03. The Hall–Kier alpha value is -1.85. The number of hydrogen-bond donors (Lipinski definition) is 2. The molecule has 102 valence electrons. The second-order valence-electron chi connectivity index (χ2n) is 5.22. The molecular weight excluding hydrogens is 240 g/mol. The molecule has 1 saturated carbocycles. The molecule has 1 aliphatic rings. The minimum Gasteiger partial charge on any atom is -0.357 e. The highest BCUT2D eigenvalue weighted by Crippen LogP contribution is 2.31. The number of nitrogens with zero attached hydrogens (tertiary/aromatic N) is 4. The summed E-state index contributed by atoms with van der Waals surface area (Å²) in [5.41, 5.74) is 1.65. The fourth-order valence-electron chi connectivity index (χ4n) is 2.18. The van der Waals surface area contributed by atoms with Crippen molar-refractivity contribution in [3.63, 3.8) is 0 Å². The smallest absolute Gasteiger partial charge is 0.226 e. The van der Waals surface area contributed by atoms with Crippen LogP contribution in [0.4, 0.5) is 11.8 Å². The van der Waals surface area contributed by atoms with Crippen LogP contribution in [-0.2, 0) is 0 Å². The van der Waals surface area contributed by atoms with Gasteiger partial charge in [0.2, 0.25) is 5.95 Å². The van der Waals surface area contributed by atoms with Crippen LogP contribution in [0, 0.1) is 5.92 Å². The van der Waals surface area contributed by atoms with E-state index in [2.05, 4.69) is 44.1 Å². The monoisotopic (exact) mass is 260 g/mol. The summed E-state index contributed by atoms with van der Waals surface area (Å²) in [6, 6.07) is 0.